The van der Waals surface area contributed by atoms with Crippen LogP contribution in [-0.2, 0) is 0 Å². The Balaban J connectivity index is 2.48. The van der Waals surface area contributed by atoms with Gasteiger partial charge in [0.2, 0.25) is 0 Å². The minimum absolute atomic E-state index is 0.144. The molecule has 1 heterocycles. The van der Waals surface area contributed by atoms with Gasteiger partial charge in [-0.3, -0.25) is 0 Å². The molecule has 0 aromatic carbocycles. The molecule has 0 aromatic rings. The lowest BCUT2D eigenvalue weighted by atomic mass is 10.2. The number of rotatable bonds is 3. The number of hydrogen-bond acceptors (Lipinski definition) is 4. The summed E-state index contributed by atoms with van der Waals surface area (Å²) in [6.07, 6.45) is 3.00. The van der Waals surface area contributed by atoms with Gasteiger partial charge in [-0.2, -0.15) is 5.26 Å². The first-order valence-corrected chi connectivity index (χ1v) is 4.13. The second kappa shape index (κ2) is 4.55. The summed E-state index contributed by atoms with van der Waals surface area (Å²) in [5.74, 6) is 0. The van der Waals surface area contributed by atoms with Crippen LogP contribution in [0.5, 0.6) is 0 Å². The summed E-state index contributed by atoms with van der Waals surface area (Å²) in [7, 11) is 2.02. The zero-order valence-electron chi connectivity index (χ0n) is 7.59. The maximum absolute atomic E-state index is 8.77. The summed E-state index contributed by atoms with van der Waals surface area (Å²) in [6, 6.07) is 0.209. The molecule has 0 amide bonds. The highest BCUT2D eigenvalue weighted by atomic mass is 15.3. The molecule has 0 aromatic heterocycles. The number of azide groups is 1. The van der Waals surface area contributed by atoms with E-state index in [1.54, 1.807) is 0 Å². The second-order valence-corrected chi connectivity index (χ2v) is 3.15. The molecule has 6 heteroatoms. The first-order valence-electron chi connectivity index (χ1n) is 4.13. The van der Waals surface area contributed by atoms with Gasteiger partial charge >= 0.3 is 0 Å². The number of likely N-dealkylation sites (N-methyl/N-ethyl adjacent to an activating group) is 1. The highest BCUT2D eigenvalue weighted by Crippen LogP contribution is 2.12. The zero-order valence-corrected chi connectivity index (χ0v) is 7.59. The maximum Gasteiger partial charge on any atom is 0.179 e. The van der Waals surface area contributed by atoms with E-state index in [0.717, 1.165) is 19.5 Å². The van der Waals surface area contributed by atoms with Gasteiger partial charge in [-0.25, -0.2) is 0 Å². The lowest BCUT2D eigenvalue weighted by molar-refractivity contribution is 0.290. The van der Waals surface area contributed by atoms with Gasteiger partial charge in [-0.1, -0.05) is 5.11 Å². The summed E-state index contributed by atoms with van der Waals surface area (Å²) >= 11 is 0. The van der Waals surface area contributed by atoms with Gasteiger partial charge in [0, 0.05) is 11.5 Å². The maximum atomic E-state index is 8.77. The van der Waals surface area contributed by atoms with Crippen LogP contribution in [-0.4, -0.2) is 42.6 Å². The van der Waals surface area contributed by atoms with Gasteiger partial charge in [0.25, 0.3) is 0 Å². The predicted molar refractivity (Wildman–Crippen MR) is 47.4 cm³/mol. The van der Waals surface area contributed by atoms with Crippen molar-refractivity contribution < 1.29 is 0 Å². The minimum Gasteiger partial charge on any atom is -0.304 e. The fourth-order valence-electron chi connectivity index (χ4n) is 1.49. The normalized spacial score (nSPS) is 22.0. The first-order chi connectivity index (χ1) is 6.27. The molecule has 1 unspecified atom stereocenters. The average Bonchev–Trinajstić information content (AvgIpc) is 2.54. The monoisotopic (exact) mass is 180 g/mol. The van der Waals surface area contributed by atoms with Crippen LogP contribution in [0.2, 0.25) is 0 Å². The molecule has 13 heavy (non-hydrogen) atoms. The van der Waals surface area contributed by atoms with Gasteiger partial charge in [0.1, 0.15) is 6.67 Å². The van der Waals surface area contributed by atoms with Crippen LogP contribution >= 0.6 is 0 Å². The molecule has 0 saturated carbocycles. The highest BCUT2D eigenvalue weighted by molar-refractivity contribution is 4.88. The van der Waals surface area contributed by atoms with Gasteiger partial charge < -0.3 is 9.80 Å². The van der Waals surface area contributed by atoms with Crippen molar-refractivity contribution in [2.45, 2.75) is 12.5 Å². The lowest BCUT2D eigenvalue weighted by Gasteiger charge is -2.20. The Morgan fingerprint density at radius 1 is 1.85 bits per heavy atom. The molecule has 0 spiro atoms. The van der Waals surface area contributed by atoms with Crippen molar-refractivity contribution in [2.24, 2.45) is 5.11 Å². The highest BCUT2D eigenvalue weighted by Gasteiger charge is 2.24. The summed E-state index contributed by atoms with van der Waals surface area (Å²) in [6.45, 7) is 2.01. The average molecular weight is 180 g/mol. The Kier molecular flexibility index (Phi) is 3.38. The van der Waals surface area contributed by atoms with E-state index >= 15 is 0 Å². The molecular formula is C7H12N6. The minimum atomic E-state index is 0.144. The Morgan fingerprint density at radius 3 is 3.08 bits per heavy atom. The predicted octanol–water partition coefficient (Wildman–Crippen LogP) is 0.741. The molecule has 0 aliphatic carbocycles. The van der Waals surface area contributed by atoms with Crippen LogP contribution in [0.25, 0.3) is 10.4 Å². The molecular weight excluding hydrogens is 168 g/mol. The number of nitrogens with zero attached hydrogens (tertiary/aromatic N) is 6. The van der Waals surface area contributed by atoms with Crippen LogP contribution in [0.3, 0.4) is 0 Å². The van der Waals surface area contributed by atoms with E-state index in [-0.39, 0.29) is 12.7 Å². The number of likely N-dealkylation sites (tertiary alicyclic amines) is 1. The summed E-state index contributed by atoms with van der Waals surface area (Å²) in [5.41, 5.74) is 8.12. The van der Waals surface area contributed by atoms with E-state index in [4.69, 9.17) is 10.8 Å². The van der Waals surface area contributed by atoms with Crippen LogP contribution in [0.15, 0.2) is 5.11 Å². The molecule has 1 aliphatic rings. The van der Waals surface area contributed by atoms with Gasteiger partial charge in [0.15, 0.2) is 6.19 Å². The van der Waals surface area contributed by atoms with Crippen molar-refractivity contribution in [3.05, 3.63) is 10.4 Å². The summed E-state index contributed by atoms with van der Waals surface area (Å²) in [5, 5.41) is 12.2. The van der Waals surface area contributed by atoms with Crippen molar-refractivity contribution in [3.63, 3.8) is 0 Å². The van der Waals surface area contributed by atoms with E-state index in [1.807, 2.05) is 13.2 Å². The van der Waals surface area contributed by atoms with Crippen molar-refractivity contribution in [1.29, 1.82) is 5.26 Å². The van der Waals surface area contributed by atoms with Crippen LogP contribution < -0.4 is 0 Å². The largest absolute Gasteiger partial charge is 0.304 e. The third-order valence-corrected chi connectivity index (χ3v) is 2.21. The van der Waals surface area contributed by atoms with Crippen molar-refractivity contribution in [3.8, 4) is 6.19 Å². The Labute approximate surface area is 77.0 Å². The Hall–Kier alpha value is -1.44. The van der Waals surface area contributed by atoms with Crippen molar-refractivity contribution in [1.82, 2.24) is 9.80 Å². The smallest absolute Gasteiger partial charge is 0.179 e. The van der Waals surface area contributed by atoms with Crippen molar-refractivity contribution in [2.75, 3.05) is 26.8 Å². The molecule has 1 atom stereocenters. The van der Waals surface area contributed by atoms with E-state index in [0.29, 0.717) is 0 Å². The third-order valence-electron chi connectivity index (χ3n) is 2.21. The van der Waals surface area contributed by atoms with Crippen LogP contribution in [0.1, 0.15) is 6.42 Å². The lowest BCUT2D eigenvalue weighted by Crippen LogP contribution is -2.33. The summed E-state index contributed by atoms with van der Waals surface area (Å²) in [4.78, 5) is 6.32. The molecule has 0 bridgehead atoms. The van der Waals surface area contributed by atoms with E-state index in [9.17, 15) is 0 Å². The molecule has 1 fully saturated rings. The number of nitriles is 1. The fraction of sp³-hybridized carbons (Fsp3) is 0.857. The SMILES string of the molecule is CN1CCC(N(C#N)CN=[N+]=[N-])C1. The van der Waals surface area contributed by atoms with E-state index < -0.39 is 0 Å². The number of hydrogen-bond donors (Lipinski definition) is 0. The molecule has 1 rings (SSSR count). The fourth-order valence-corrected chi connectivity index (χ4v) is 1.49. The summed E-state index contributed by atoms with van der Waals surface area (Å²) < 4.78 is 0. The molecule has 1 aliphatic heterocycles. The molecule has 0 radical (unpaired) electrons. The van der Waals surface area contributed by atoms with Crippen LogP contribution in [0, 0.1) is 11.5 Å². The zero-order chi connectivity index (χ0) is 9.68. The van der Waals surface area contributed by atoms with Gasteiger partial charge in [-0.05, 0) is 25.5 Å². The van der Waals surface area contributed by atoms with Gasteiger partial charge in [0.05, 0.1) is 6.04 Å². The molecule has 6 nitrogen and oxygen atoms in total. The quantitative estimate of drug-likeness (QED) is 0.211. The van der Waals surface area contributed by atoms with E-state index in [1.165, 1.54) is 4.90 Å². The Morgan fingerprint density at radius 2 is 2.62 bits per heavy atom. The van der Waals surface area contributed by atoms with Gasteiger partial charge in [-0.15, -0.1) is 0 Å². The standard InChI is InChI=1S/C7H12N6/c1-12-3-2-7(4-12)13(5-8)6-10-11-9/h7H,2-4,6H2,1H3. The Bertz CT molecular complexity index is 250. The van der Waals surface area contributed by atoms with Crippen molar-refractivity contribution >= 4 is 0 Å². The first kappa shape index (κ1) is 9.65. The molecule has 70 valence electrons. The molecule has 1 saturated heterocycles. The molecule has 0 N–H and O–H groups in total. The van der Waals surface area contributed by atoms with Crippen LogP contribution in [0.4, 0.5) is 0 Å². The third kappa shape index (κ3) is 2.51. The second-order valence-electron chi connectivity index (χ2n) is 3.15. The van der Waals surface area contributed by atoms with E-state index in [2.05, 4.69) is 14.9 Å². The topological polar surface area (TPSA) is 79.0 Å².